The smallest absolute Gasteiger partial charge is 0.146 e. The maximum Gasteiger partial charge on any atom is 0.146 e. The maximum absolute atomic E-state index is 14.1. The van der Waals surface area contributed by atoms with Crippen LogP contribution in [0, 0.1) is 5.82 Å². The van der Waals surface area contributed by atoms with Gasteiger partial charge in [0.15, 0.2) is 0 Å². The summed E-state index contributed by atoms with van der Waals surface area (Å²) < 4.78 is 14.1. The quantitative estimate of drug-likeness (QED) is 0.769. The van der Waals surface area contributed by atoms with E-state index in [1.165, 1.54) is 25.8 Å². The van der Waals surface area contributed by atoms with Gasteiger partial charge in [-0.1, -0.05) is 12.5 Å². The van der Waals surface area contributed by atoms with E-state index in [9.17, 15) is 4.39 Å². The molecule has 0 aliphatic carbocycles. The van der Waals surface area contributed by atoms with E-state index in [0.29, 0.717) is 11.9 Å². The van der Waals surface area contributed by atoms with Crippen LogP contribution in [0.15, 0.2) is 18.2 Å². The summed E-state index contributed by atoms with van der Waals surface area (Å²) in [5, 5.41) is 0. The molecule has 1 aromatic rings. The summed E-state index contributed by atoms with van der Waals surface area (Å²) >= 11 is 5.74. The van der Waals surface area contributed by atoms with Gasteiger partial charge in [-0.2, -0.15) is 0 Å². The lowest BCUT2D eigenvalue weighted by atomic mass is 9.99. The standard InChI is InChI=1S/C15H20ClFN2/c16-10-12-4-5-15(14(17)9-12)19-8-7-18-6-2-1-3-13(18)11-19/h4-5,9,13H,1-3,6-8,10-11H2. The van der Waals surface area contributed by atoms with E-state index in [-0.39, 0.29) is 5.82 Å². The lowest BCUT2D eigenvalue weighted by Crippen LogP contribution is -2.55. The summed E-state index contributed by atoms with van der Waals surface area (Å²) in [5.74, 6) is 0.232. The fourth-order valence-corrected chi connectivity index (χ4v) is 3.43. The third kappa shape index (κ3) is 2.72. The molecule has 0 saturated carbocycles. The molecule has 2 aliphatic rings. The van der Waals surface area contributed by atoms with E-state index >= 15 is 0 Å². The highest BCUT2D eigenvalue weighted by Gasteiger charge is 2.29. The molecular weight excluding hydrogens is 263 g/mol. The highest BCUT2D eigenvalue weighted by atomic mass is 35.5. The van der Waals surface area contributed by atoms with Crippen LogP contribution in [0.5, 0.6) is 0 Å². The van der Waals surface area contributed by atoms with Crippen molar-refractivity contribution in [1.29, 1.82) is 0 Å². The molecule has 4 heteroatoms. The summed E-state index contributed by atoms with van der Waals surface area (Å²) in [4.78, 5) is 4.75. The SMILES string of the molecule is Fc1cc(CCl)ccc1N1CCN2CCCCC2C1. The Morgan fingerprint density at radius 2 is 2.11 bits per heavy atom. The number of piperazine rings is 1. The first-order chi connectivity index (χ1) is 9.28. The average molecular weight is 283 g/mol. The first-order valence-corrected chi connectivity index (χ1v) is 7.65. The number of hydrogen-bond donors (Lipinski definition) is 0. The molecule has 2 aliphatic heterocycles. The van der Waals surface area contributed by atoms with E-state index in [1.54, 1.807) is 6.07 Å². The molecule has 1 unspecified atom stereocenters. The predicted molar refractivity (Wildman–Crippen MR) is 77.4 cm³/mol. The molecule has 0 aromatic heterocycles. The van der Waals surface area contributed by atoms with Crippen molar-refractivity contribution in [3.63, 3.8) is 0 Å². The second kappa shape index (κ2) is 5.68. The van der Waals surface area contributed by atoms with Crippen molar-refractivity contribution < 1.29 is 4.39 Å². The van der Waals surface area contributed by atoms with Gasteiger partial charge < -0.3 is 4.90 Å². The minimum absolute atomic E-state index is 0.137. The monoisotopic (exact) mass is 282 g/mol. The van der Waals surface area contributed by atoms with E-state index < -0.39 is 0 Å². The Morgan fingerprint density at radius 1 is 1.21 bits per heavy atom. The van der Waals surface area contributed by atoms with E-state index in [0.717, 1.165) is 30.9 Å². The Bertz CT molecular complexity index is 452. The zero-order valence-corrected chi connectivity index (χ0v) is 11.9. The predicted octanol–water partition coefficient (Wildman–Crippen LogP) is 3.24. The maximum atomic E-state index is 14.1. The number of alkyl halides is 1. The molecule has 19 heavy (non-hydrogen) atoms. The molecule has 2 heterocycles. The van der Waals surface area contributed by atoms with Crippen LogP contribution in [-0.2, 0) is 5.88 Å². The number of anilines is 1. The molecule has 1 aromatic carbocycles. The second-order valence-corrected chi connectivity index (χ2v) is 5.82. The number of hydrogen-bond acceptors (Lipinski definition) is 2. The van der Waals surface area contributed by atoms with Gasteiger partial charge in [-0.25, -0.2) is 4.39 Å². The molecule has 104 valence electrons. The molecule has 0 amide bonds. The lowest BCUT2D eigenvalue weighted by Gasteiger charge is -2.45. The van der Waals surface area contributed by atoms with Gasteiger partial charge in [0, 0.05) is 31.6 Å². The van der Waals surface area contributed by atoms with Gasteiger partial charge in [-0.05, 0) is 37.1 Å². The number of piperidine rings is 1. The molecule has 1 atom stereocenters. The first-order valence-electron chi connectivity index (χ1n) is 7.11. The topological polar surface area (TPSA) is 6.48 Å². The Morgan fingerprint density at radius 3 is 2.89 bits per heavy atom. The molecular formula is C15H20ClFN2. The summed E-state index contributed by atoms with van der Waals surface area (Å²) in [5.41, 5.74) is 1.58. The zero-order chi connectivity index (χ0) is 13.2. The van der Waals surface area contributed by atoms with Gasteiger partial charge >= 0.3 is 0 Å². The summed E-state index contributed by atoms with van der Waals surface area (Å²) in [6.45, 7) is 4.15. The third-order valence-electron chi connectivity index (χ3n) is 4.34. The summed E-state index contributed by atoms with van der Waals surface area (Å²) in [7, 11) is 0. The number of fused-ring (bicyclic) bond motifs is 1. The molecule has 0 N–H and O–H groups in total. The van der Waals surface area contributed by atoms with Crippen molar-refractivity contribution in [3.05, 3.63) is 29.6 Å². The van der Waals surface area contributed by atoms with Crippen molar-refractivity contribution in [2.75, 3.05) is 31.1 Å². The van der Waals surface area contributed by atoms with Crippen LogP contribution in [0.2, 0.25) is 0 Å². The van der Waals surface area contributed by atoms with Crippen molar-refractivity contribution in [3.8, 4) is 0 Å². The molecule has 0 bridgehead atoms. The van der Waals surface area contributed by atoms with Crippen LogP contribution < -0.4 is 4.90 Å². The summed E-state index contributed by atoms with van der Waals surface area (Å²) in [6, 6.07) is 5.98. The van der Waals surface area contributed by atoms with Gasteiger partial charge in [-0.15, -0.1) is 11.6 Å². The van der Waals surface area contributed by atoms with Crippen molar-refractivity contribution in [2.45, 2.75) is 31.2 Å². The Labute approximate surface area is 119 Å². The number of benzene rings is 1. The molecule has 0 radical (unpaired) electrons. The fourth-order valence-electron chi connectivity index (χ4n) is 3.26. The zero-order valence-electron chi connectivity index (χ0n) is 11.1. The Kier molecular flexibility index (Phi) is 3.94. The Balaban J connectivity index is 1.75. The van der Waals surface area contributed by atoms with Gasteiger partial charge in [-0.3, -0.25) is 4.90 Å². The van der Waals surface area contributed by atoms with Gasteiger partial charge in [0.25, 0.3) is 0 Å². The minimum atomic E-state index is -0.137. The second-order valence-electron chi connectivity index (χ2n) is 5.55. The average Bonchev–Trinajstić information content (AvgIpc) is 2.46. The van der Waals surface area contributed by atoms with Crippen LogP contribution in [0.3, 0.4) is 0 Å². The highest BCUT2D eigenvalue weighted by molar-refractivity contribution is 6.17. The minimum Gasteiger partial charge on any atom is -0.366 e. The normalized spacial score (nSPS) is 24.3. The lowest BCUT2D eigenvalue weighted by molar-refractivity contribution is 0.133. The van der Waals surface area contributed by atoms with Crippen molar-refractivity contribution in [1.82, 2.24) is 4.90 Å². The highest BCUT2D eigenvalue weighted by Crippen LogP contribution is 2.27. The van der Waals surface area contributed by atoms with Crippen LogP contribution >= 0.6 is 11.6 Å². The van der Waals surface area contributed by atoms with Crippen LogP contribution in [0.1, 0.15) is 24.8 Å². The van der Waals surface area contributed by atoms with Gasteiger partial charge in [0.05, 0.1) is 5.69 Å². The van der Waals surface area contributed by atoms with E-state index in [4.69, 9.17) is 11.6 Å². The largest absolute Gasteiger partial charge is 0.366 e. The fraction of sp³-hybridized carbons (Fsp3) is 0.600. The van der Waals surface area contributed by atoms with Crippen LogP contribution in [-0.4, -0.2) is 37.1 Å². The van der Waals surface area contributed by atoms with Crippen molar-refractivity contribution in [2.24, 2.45) is 0 Å². The Hall–Kier alpha value is -0.800. The molecule has 0 spiro atoms. The molecule has 2 saturated heterocycles. The van der Waals surface area contributed by atoms with E-state index in [1.807, 2.05) is 12.1 Å². The third-order valence-corrected chi connectivity index (χ3v) is 4.65. The van der Waals surface area contributed by atoms with Crippen LogP contribution in [0.25, 0.3) is 0 Å². The number of nitrogens with zero attached hydrogens (tertiary/aromatic N) is 2. The number of halogens is 2. The molecule has 3 rings (SSSR count). The molecule has 2 fully saturated rings. The number of rotatable bonds is 2. The van der Waals surface area contributed by atoms with Gasteiger partial charge in [0.1, 0.15) is 5.82 Å². The summed E-state index contributed by atoms with van der Waals surface area (Å²) in [6.07, 6.45) is 3.87. The van der Waals surface area contributed by atoms with Crippen LogP contribution in [0.4, 0.5) is 10.1 Å². The van der Waals surface area contributed by atoms with Crippen molar-refractivity contribution >= 4 is 17.3 Å². The first kappa shape index (κ1) is 13.2. The van der Waals surface area contributed by atoms with E-state index in [2.05, 4.69) is 9.80 Å². The van der Waals surface area contributed by atoms with Gasteiger partial charge in [0.2, 0.25) is 0 Å². The molecule has 2 nitrogen and oxygen atoms in total.